The van der Waals surface area contributed by atoms with Crippen LogP contribution in [0.1, 0.15) is 104 Å². The molecule has 1 aliphatic carbocycles. The third-order valence-electron chi connectivity index (χ3n) is 5.89. The highest BCUT2D eigenvalue weighted by molar-refractivity contribution is 5.74. The second kappa shape index (κ2) is 8.37. The predicted octanol–water partition coefficient (Wildman–Crippen LogP) is 4.71. The smallest absolute Gasteiger partial charge is 0.311 e. The lowest BCUT2D eigenvalue weighted by Crippen LogP contribution is -2.43. The Morgan fingerprint density at radius 3 is 2.38 bits per heavy atom. The fourth-order valence-electron chi connectivity index (χ4n) is 4.38. The highest BCUT2D eigenvalue weighted by atomic mass is 16.6. The summed E-state index contributed by atoms with van der Waals surface area (Å²) in [6, 6.07) is 0.447. The number of likely N-dealkylation sites (tertiary alicyclic amines) is 1. The summed E-state index contributed by atoms with van der Waals surface area (Å²) < 4.78 is 8.15. The van der Waals surface area contributed by atoms with E-state index in [-0.39, 0.29) is 17.9 Å². The van der Waals surface area contributed by atoms with Gasteiger partial charge in [-0.1, -0.05) is 20.8 Å². The molecule has 1 aromatic rings. The van der Waals surface area contributed by atoms with Crippen LogP contribution in [0.25, 0.3) is 0 Å². The Kier molecular flexibility index (Phi) is 6.42. The van der Waals surface area contributed by atoms with Gasteiger partial charge in [-0.15, -0.1) is 10.2 Å². The molecule has 6 nitrogen and oxygen atoms in total. The summed E-state index contributed by atoms with van der Waals surface area (Å²) in [4.78, 5) is 15.3. The van der Waals surface area contributed by atoms with E-state index in [1.165, 1.54) is 19.3 Å². The maximum atomic E-state index is 13.0. The van der Waals surface area contributed by atoms with Crippen LogP contribution in [0.3, 0.4) is 0 Å². The van der Waals surface area contributed by atoms with Crippen molar-refractivity contribution in [1.82, 2.24) is 19.7 Å². The molecule has 29 heavy (non-hydrogen) atoms. The van der Waals surface area contributed by atoms with Gasteiger partial charge in [0.1, 0.15) is 11.4 Å². The second-order valence-corrected chi connectivity index (χ2v) is 11.2. The number of carbonyl (C=O) groups is 1. The van der Waals surface area contributed by atoms with Crippen LogP contribution in [0, 0.1) is 11.3 Å². The first-order valence-corrected chi connectivity index (χ1v) is 11.3. The third kappa shape index (κ3) is 5.80. The van der Waals surface area contributed by atoms with E-state index in [4.69, 9.17) is 4.74 Å². The average molecular weight is 405 g/mol. The first kappa shape index (κ1) is 22.3. The van der Waals surface area contributed by atoms with E-state index in [1.807, 2.05) is 20.8 Å². The molecule has 2 aliphatic rings. The molecule has 0 bridgehead atoms. The number of esters is 1. The van der Waals surface area contributed by atoms with Gasteiger partial charge in [-0.25, -0.2) is 0 Å². The monoisotopic (exact) mass is 404 g/mol. The highest BCUT2D eigenvalue weighted by Crippen LogP contribution is 2.42. The van der Waals surface area contributed by atoms with Gasteiger partial charge in [-0.3, -0.25) is 9.69 Å². The van der Waals surface area contributed by atoms with Crippen molar-refractivity contribution < 1.29 is 9.53 Å². The van der Waals surface area contributed by atoms with Crippen molar-refractivity contribution in [2.75, 3.05) is 13.6 Å². The molecule has 1 saturated carbocycles. The minimum Gasteiger partial charge on any atom is -0.460 e. The second-order valence-electron chi connectivity index (χ2n) is 11.2. The van der Waals surface area contributed by atoms with Crippen LogP contribution in [0.15, 0.2) is 0 Å². The van der Waals surface area contributed by atoms with Gasteiger partial charge in [-0.2, -0.15) is 0 Å². The molecular formula is C23H40N4O2. The van der Waals surface area contributed by atoms with Crippen LogP contribution in [-0.4, -0.2) is 44.8 Å². The van der Waals surface area contributed by atoms with Crippen LogP contribution >= 0.6 is 0 Å². The lowest BCUT2D eigenvalue weighted by atomic mass is 9.88. The molecule has 2 heterocycles. The molecule has 2 fully saturated rings. The van der Waals surface area contributed by atoms with E-state index in [2.05, 4.69) is 47.5 Å². The molecule has 164 valence electrons. The minimum absolute atomic E-state index is 0.0527. The zero-order valence-corrected chi connectivity index (χ0v) is 19.5. The summed E-state index contributed by atoms with van der Waals surface area (Å²) in [5, 5.41) is 9.27. The fourth-order valence-corrected chi connectivity index (χ4v) is 4.38. The van der Waals surface area contributed by atoms with E-state index < -0.39 is 5.60 Å². The lowest BCUT2D eigenvalue weighted by molar-refractivity contribution is -0.164. The van der Waals surface area contributed by atoms with Crippen LogP contribution in [0.5, 0.6) is 0 Å². The van der Waals surface area contributed by atoms with Gasteiger partial charge in [-0.05, 0) is 78.3 Å². The molecule has 1 aromatic heterocycles. The molecule has 3 rings (SSSR count). The summed E-state index contributed by atoms with van der Waals surface area (Å²) in [7, 11) is 2.10. The molecule has 0 spiro atoms. The summed E-state index contributed by atoms with van der Waals surface area (Å²) in [5.74, 6) is 1.77. The number of hydrogen-bond acceptors (Lipinski definition) is 5. The van der Waals surface area contributed by atoms with E-state index in [0.717, 1.165) is 43.9 Å². The Labute approximate surface area is 176 Å². The molecule has 0 aromatic carbocycles. The van der Waals surface area contributed by atoms with Gasteiger partial charge in [0.05, 0.1) is 12.0 Å². The van der Waals surface area contributed by atoms with Gasteiger partial charge in [0.25, 0.3) is 0 Å². The highest BCUT2D eigenvalue weighted by Gasteiger charge is 2.43. The summed E-state index contributed by atoms with van der Waals surface area (Å²) in [6.45, 7) is 13.6. The van der Waals surface area contributed by atoms with Crippen LogP contribution in [0.4, 0.5) is 0 Å². The lowest BCUT2D eigenvalue weighted by Gasteiger charge is -2.38. The Morgan fingerprint density at radius 2 is 1.79 bits per heavy atom. The Balaban J connectivity index is 1.85. The Hall–Kier alpha value is -1.43. The molecule has 1 aliphatic heterocycles. The van der Waals surface area contributed by atoms with Crippen LogP contribution < -0.4 is 0 Å². The van der Waals surface area contributed by atoms with Gasteiger partial charge in [0, 0.05) is 12.5 Å². The number of carbonyl (C=O) groups excluding carboxylic acids is 1. The molecule has 1 unspecified atom stereocenters. The number of ether oxygens (including phenoxy) is 1. The normalized spacial score (nSPS) is 24.0. The van der Waals surface area contributed by atoms with Gasteiger partial charge in [0.2, 0.25) is 0 Å². The maximum Gasteiger partial charge on any atom is 0.311 e. The summed E-state index contributed by atoms with van der Waals surface area (Å²) in [6.07, 6.45) is 7.46. The fraction of sp³-hybridized carbons (Fsp3) is 0.870. The van der Waals surface area contributed by atoms with Gasteiger partial charge in [0.15, 0.2) is 5.82 Å². The van der Waals surface area contributed by atoms with Crippen LogP contribution in [-0.2, 0) is 16.0 Å². The molecule has 1 saturated heterocycles. The molecule has 0 N–H and O–H groups in total. The van der Waals surface area contributed by atoms with E-state index in [1.54, 1.807) is 0 Å². The van der Waals surface area contributed by atoms with Crippen molar-refractivity contribution in [1.29, 1.82) is 0 Å². The average Bonchev–Trinajstić information content (AvgIpc) is 3.33. The predicted molar refractivity (Wildman–Crippen MR) is 115 cm³/mol. The van der Waals surface area contributed by atoms with Crippen molar-refractivity contribution >= 4 is 5.97 Å². The zero-order chi connectivity index (χ0) is 21.4. The number of hydrogen-bond donors (Lipinski definition) is 0. The summed E-state index contributed by atoms with van der Waals surface area (Å²) in [5.41, 5.74) is -0.140. The topological polar surface area (TPSA) is 60.3 Å². The van der Waals surface area contributed by atoms with Crippen LogP contribution in [0.2, 0.25) is 0 Å². The Morgan fingerprint density at radius 1 is 1.10 bits per heavy atom. The van der Waals surface area contributed by atoms with Crippen molar-refractivity contribution in [2.24, 2.45) is 11.3 Å². The molecule has 0 amide bonds. The molecule has 2 atom stereocenters. The summed E-state index contributed by atoms with van der Waals surface area (Å²) >= 11 is 0. The van der Waals surface area contributed by atoms with Crippen molar-refractivity contribution in [3.63, 3.8) is 0 Å². The van der Waals surface area contributed by atoms with Gasteiger partial charge < -0.3 is 9.30 Å². The first-order chi connectivity index (χ1) is 13.5. The maximum absolute atomic E-state index is 13.0. The minimum atomic E-state index is -0.472. The van der Waals surface area contributed by atoms with Gasteiger partial charge >= 0.3 is 5.97 Å². The number of nitrogens with zero attached hydrogens (tertiary/aromatic N) is 4. The Bertz CT molecular complexity index is 709. The largest absolute Gasteiger partial charge is 0.460 e. The number of piperidine rings is 1. The molecule has 0 radical (unpaired) electrons. The zero-order valence-electron chi connectivity index (χ0n) is 19.5. The number of aryl methyl sites for hydroxylation is 1. The van der Waals surface area contributed by atoms with E-state index in [0.29, 0.717) is 11.5 Å². The SMILES string of the molecule is CN1CCC[C@H](C(=O)OC(C)(C)C)C1c1nnc(CCCC(C)(C)C)n1C1CC1. The standard InChI is InChI=1S/C23H40N4O2/c1-22(2,3)14-8-11-18-24-25-20(27(18)16-12-13-16)19-17(10-9-15-26(19)7)21(28)29-23(4,5)6/h16-17,19H,8-15H2,1-7H3/t17-,19?/m0/s1. The quantitative estimate of drug-likeness (QED) is 0.643. The first-order valence-electron chi connectivity index (χ1n) is 11.3. The number of rotatable bonds is 6. The van der Waals surface area contributed by atoms with Crippen molar-refractivity contribution in [3.05, 3.63) is 11.6 Å². The number of aromatic nitrogens is 3. The van der Waals surface area contributed by atoms with Crippen molar-refractivity contribution in [2.45, 2.75) is 104 Å². The van der Waals surface area contributed by atoms with E-state index in [9.17, 15) is 4.79 Å². The third-order valence-corrected chi connectivity index (χ3v) is 5.89. The van der Waals surface area contributed by atoms with E-state index >= 15 is 0 Å². The molecule has 6 heteroatoms. The van der Waals surface area contributed by atoms with Crippen molar-refractivity contribution in [3.8, 4) is 0 Å². The molecular weight excluding hydrogens is 364 g/mol.